The molecule has 0 aromatic heterocycles. The molecule has 1 atom stereocenters. The van der Waals surface area contributed by atoms with Crippen molar-refractivity contribution in [1.29, 1.82) is 0 Å². The van der Waals surface area contributed by atoms with Crippen LogP contribution < -0.4 is 14.4 Å². The van der Waals surface area contributed by atoms with Gasteiger partial charge in [-0.15, -0.1) is 0 Å². The molecule has 3 aromatic rings. The lowest BCUT2D eigenvalue weighted by Gasteiger charge is -2.33. The number of anilines is 1. The number of methoxy groups -OCH3 is 1. The Kier molecular flexibility index (Phi) is 11.0. The number of hydrogen-bond acceptors (Lipinski definition) is 5. The number of rotatable bonds is 13. The SMILES string of the molecule is CC[C@H](C(=O)NCC(C)C)N(Cc1cccc(OC)c1)C(=O)CN(c1ccc(Cl)cc1)S(=O)(=O)c1ccccc1. The molecule has 0 bridgehead atoms. The van der Waals surface area contributed by atoms with Crippen molar-refractivity contribution in [2.24, 2.45) is 5.92 Å². The topological polar surface area (TPSA) is 96.0 Å². The maximum absolute atomic E-state index is 14.1. The average Bonchev–Trinajstić information content (AvgIpc) is 2.95. The predicted octanol–water partition coefficient (Wildman–Crippen LogP) is 5.12. The van der Waals surface area contributed by atoms with Gasteiger partial charge in [-0.2, -0.15) is 0 Å². The van der Waals surface area contributed by atoms with Gasteiger partial charge in [-0.25, -0.2) is 8.42 Å². The van der Waals surface area contributed by atoms with Crippen molar-refractivity contribution in [2.75, 3.05) is 24.5 Å². The summed E-state index contributed by atoms with van der Waals surface area (Å²) in [5.41, 5.74) is 1.02. The number of sulfonamides is 1. The summed E-state index contributed by atoms with van der Waals surface area (Å²) in [4.78, 5) is 28.8. The van der Waals surface area contributed by atoms with Gasteiger partial charge in [0.1, 0.15) is 18.3 Å². The lowest BCUT2D eigenvalue weighted by atomic mass is 10.1. The second-order valence-corrected chi connectivity index (χ2v) is 12.0. The van der Waals surface area contributed by atoms with Gasteiger partial charge in [0, 0.05) is 18.1 Å². The third-order valence-electron chi connectivity index (χ3n) is 6.28. The molecule has 0 unspecified atom stereocenters. The number of amides is 2. The first kappa shape index (κ1) is 31.0. The minimum atomic E-state index is -4.13. The van der Waals surface area contributed by atoms with Crippen LogP contribution in [0.4, 0.5) is 5.69 Å². The van der Waals surface area contributed by atoms with Crippen LogP contribution in [0.25, 0.3) is 0 Å². The van der Waals surface area contributed by atoms with Gasteiger partial charge < -0.3 is 15.0 Å². The van der Waals surface area contributed by atoms with E-state index in [2.05, 4.69) is 5.32 Å². The summed E-state index contributed by atoms with van der Waals surface area (Å²) in [5, 5.41) is 3.35. The van der Waals surface area contributed by atoms with Crippen molar-refractivity contribution in [3.05, 3.63) is 89.4 Å². The van der Waals surface area contributed by atoms with Gasteiger partial charge in [-0.1, -0.05) is 62.7 Å². The van der Waals surface area contributed by atoms with E-state index in [1.54, 1.807) is 67.8 Å². The number of hydrogen-bond donors (Lipinski definition) is 1. The minimum Gasteiger partial charge on any atom is -0.497 e. The van der Waals surface area contributed by atoms with Crippen LogP contribution in [0.1, 0.15) is 32.8 Å². The number of carbonyl (C=O) groups is 2. The van der Waals surface area contributed by atoms with E-state index in [4.69, 9.17) is 16.3 Å². The van der Waals surface area contributed by atoms with Crippen molar-refractivity contribution < 1.29 is 22.7 Å². The van der Waals surface area contributed by atoms with E-state index in [-0.39, 0.29) is 29.0 Å². The molecule has 0 radical (unpaired) electrons. The molecule has 0 aliphatic carbocycles. The lowest BCUT2D eigenvalue weighted by molar-refractivity contribution is -0.140. The molecule has 0 aliphatic heterocycles. The third-order valence-corrected chi connectivity index (χ3v) is 8.32. The Bertz CT molecular complexity index is 1380. The monoisotopic (exact) mass is 585 g/mol. The van der Waals surface area contributed by atoms with Crippen LogP contribution in [0.2, 0.25) is 5.02 Å². The van der Waals surface area contributed by atoms with Crippen LogP contribution in [0.15, 0.2) is 83.8 Å². The zero-order chi connectivity index (χ0) is 29.3. The Morgan fingerprint density at radius 3 is 2.25 bits per heavy atom. The fourth-order valence-corrected chi connectivity index (χ4v) is 5.73. The zero-order valence-electron chi connectivity index (χ0n) is 23.2. The van der Waals surface area contributed by atoms with Crippen LogP contribution in [0, 0.1) is 5.92 Å². The molecule has 0 heterocycles. The Morgan fingerprint density at radius 1 is 0.975 bits per heavy atom. The predicted molar refractivity (Wildman–Crippen MR) is 158 cm³/mol. The van der Waals surface area contributed by atoms with Crippen molar-refractivity contribution >= 4 is 39.1 Å². The van der Waals surface area contributed by atoms with Gasteiger partial charge >= 0.3 is 0 Å². The Labute approximate surface area is 241 Å². The largest absolute Gasteiger partial charge is 0.497 e. The van der Waals surface area contributed by atoms with E-state index in [1.165, 1.54) is 17.0 Å². The molecule has 2 amide bonds. The summed E-state index contributed by atoms with van der Waals surface area (Å²) >= 11 is 6.07. The maximum atomic E-state index is 14.1. The molecule has 1 N–H and O–H groups in total. The Morgan fingerprint density at radius 2 is 1.65 bits per heavy atom. The summed E-state index contributed by atoms with van der Waals surface area (Å²) in [7, 11) is -2.58. The van der Waals surface area contributed by atoms with E-state index >= 15 is 0 Å². The highest BCUT2D eigenvalue weighted by molar-refractivity contribution is 7.92. The molecule has 8 nitrogen and oxygen atoms in total. The Balaban J connectivity index is 2.04. The Hall–Kier alpha value is -3.56. The van der Waals surface area contributed by atoms with E-state index in [1.807, 2.05) is 26.8 Å². The number of nitrogens with zero attached hydrogens (tertiary/aromatic N) is 2. The molecule has 3 aromatic carbocycles. The summed E-state index contributed by atoms with van der Waals surface area (Å²) in [5.74, 6) is 0.0114. The van der Waals surface area contributed by atoms with Gasteiger partial charge in [-0.05, 0) is 66.4 Å². The number of carbonyl (C=O) groups excluding carboxylic acids is 2. The molecule has 0 fully saturated rings. The molecule has 10 heteroatoms. The molecular weight excluding hydrogens is 550 g/mol. The van der Waals surface area contributed by atoms with Crippen molar-refractivity contribution in [1.82, 2.24) is 10.2 Å². The summed E-state index contributed by atoms with van der Waals surface area (Å²) in [6, 6.07) is 20.5. The first-order chi connectivity index (χ1) is 19.1. The van der Waals surface area contributed by atoms with Crippen molar-refractivity contribution in [3.8, 4) is 5.75 Å². The fourth-order valence-electron chi connectivity index (χ4n) is 4.17. The first-order valence-corrected chi connectivity index (χ1v) is 14.9. The van der Waals surface area contributed by atoms with Gasteiger partial charge in [0.05, 0.1) is 17.7 Å². The smallest absolute Gasteiger partial charge is 0.264 e. The van der Waals surface area contributed by atoms with Gasteiger partial charge in [0.2, 0.25) is 11.8 Å². The highest BCUT2D eigenvalue weighted by Crippen LogP contribution is 2.26. The second kappa shape index (κ2) is 14.2. The first-order valence-electron chi connectivity index (χ1n) is 13.1. The molecular formula is C30H36ClN3O5S. The summed E-state index contributed by atoms with van der Waals surface area (Å²) in [6.07, 6.45) is 0.339. The van der Waals surface area contributed by atoms with E-state index in [0.29, 0.717) is 23.7 Å². The van der Waals surface area contributed by atoms with E-state index in [0.717, 1.165) is 9.87 Å². The van der Waals surface area contributed by atoms with Gasteiger partial charge in [-0.3, -0.25) is 13.9 Å². The highest BCUT2D eigenvalue weighted by Gasteiger charge is 2.33. The minimum absolute atomic E-state index is 0.0406. The highest BCUT2D eigenvalue weighted by atomic mass is 35.5. The molecule has 3 rings (SSSR count). The zero-order valence-corrected chi connectivity index (χ0v) is 24.8. The lowest BCUT2D eigenvalue weighted by Crippen LogP contribution is -2.52. The van der Waals surface area contributed by atoms with Crippen LogP contribution in [0.3, 0.4) is 0 Å². The van der Waals surface area contributed by atoms with Crippen LogP contribution in [0.5, 0.6) is 5.75 Å². The van der Waals surface area contributed by atoms with Gasteiger partial charge in [0.25, 0.3) is 10.0 Å². The molecule has 0 saturated heterocycles. The van der Waals surface area contributed by atoms with Crippen LogP contribution in [-0.2, 0) is 26.2 Å². The van der Waals surface area contributed by atoms with Crippen LogP contribution in [-0.4, -0.2) is 51.4 Å². The maximum Gasteiger partial charge on any atom is 0.264 e. The number of halogens is 1. The summed E-state index contributed by atoms with van der Waals surface area (Å²) < 4.78 is 34.0. The second-order valence-electron chi connectivity index (χ2n) is 9.74. The average molecular weight is 586 g/mol. The molecule has 214 valence electrons. The molecule has 0 aliphatic rings. The fraction of sp³-hybridized carbons (Fsp3) is 0.333. The number of nitrogens with one attached hydrogen (secondary N) is 1. The number of benzene rings is 3. The number of ether oxygens (including phenoxy) is 1. The van der Waals surface area contributed by atoms with E-state index in [9.17, 15) is 18.0 Å². The van der Waals surface area contributed by atoms with Crippen LogP contribution >= 0.6 is 11.6 Å². The molecule has 40 heavy (non-hydrogen) atoms. The van der Waals surface area contributed by atoms with Crippen molar-refractivity contribution in [3.63, 3.8) is 0 Å². The molecule has 0 spiro atoms. The molecule has 0 saturated carbocycles. The van der Waals surface area contributed by atoms with E-state index < -0.39 is 28.5 Å². The normalized spacial score (nSPS) is 12.1. The van der Waals surface area contributed by atoms with Crippen molar-refractivity contribution in [2.45, 2.75) is 44.7 Å². The standard InChI is InChI=1S/C30H36ClN3O5S/c1-5-28(30(36)32-19-22(2)3)33(20-23-10-9-11-26(18-23)39-4)29(35)21-34(25-16-14-24(31)15-17-25)40(37,38)27-12-7-6-8-13-27/h6-18,22,28H,5,19-21H2,1-4H3,(H,32,36)/t28-/m1/s1. The van der Waals surface area contributed by atoms with Gasteiger partial charge in [0.15, 0.2) is 0 Å². The third kappa shape index (κ3) is 7.99. The summed E-state index contributed by atoms with van der Waals surface area (Å²) in [6.45, 7) is 5.82. The quantitative estimate of drug-likeness (QED) is 0.300.